The van der Waals surface area contributed by atoms with Crippen LogP contribution < -0.4 is 5.32 Å². The first-order valence-electron chi connectivity index (χ1n) is 6.31. The van der Waals surface area contributed by atoms with E-state index in [0.717, 1.165) is 11.4 Å². The molecule has 0 radical (unpaired) electrons. The zero-order valence-electron chi connectivity index (χ0n) is 10.5. The van der Waals surface area contributed by atoms with Crippen molar-refractivity contribution in [3.8, 4) is 0 Å². The first kappa shape index (κ1) is 12.7. The third kappa shape index (κ3) is 2.68. The Morgan fingerprint density at radius 3 is 3.16 bits per heavy atom. The fourth-order valence-electron chi connectivity index (χ4n) is 2.28. The lowest BCUT2D eigenvalue weighted by Crippen LogP contribution is -2.28. The molecule has 0 aromatic carbocycles. The van der Waals surface area contributed by atoms with Gasteiger partial charge in [0.1, 0.15) is 11.6 Å². The van der Waals surface area contributed by atoms with E-state index in [-0.39, 0.29) is 24.0 Å². The number of rotatable bonds is 5. The highest BCUT2D eigenvalue weighted by Gasteiger charge is 2.41. The van der Waals surface area contributed by atoms with E-state index >= 15 is 0 Å². The van der Waals surface area contributed by atoms with Gasteiger partial charge in [0.15, 0.2) is 0 Å². The topological polar surface area (TPSA) is 73.3 Å². The van der Waals surface area contributed by atoms with Crippen LogP contribution in [0, 0.1) is 5.92 Å². The van der Waals surface area contributed by atoms with E-state index in [9.17, 15) is 4.79 Å². The molecule has 6 nitrogen and oxygen atoms in total. The molecular weight excluding hydrogens is 266 g/mol. The maximum atomic E-state index is 12.1. The van der Waals surface area contributed by atoms with E-state index in [2.05, 4.69) is 15.5 Å². The summed E-state index contributed by atoms with van der Waals surface area (Å²) in [6.45, 7) is 2.99. The highest BCUT2D eigenvalue weighted by molar-refractivity contribution is 7.15. The molecular formula is C12H15N3O3S. The van der Waals surface area contributed by atoms with Crippen molar-refractivity contribution in [3.05, 3.63) is 17.2 Å². The van der Waals surface area contributed by atoms with E-state index in [1.165, 1.54) is 11.3 Å². The molecule has 3 atom stereocenters. The van der Waals surface area contributed by atoms with Crippen molar-refractivity contribution in [2.24, 2.45) is 5.92 Å². The number of hydrogen-bond donors (Lipinski definition) is 1. The molecule has 2 aliphatic rings. The fourth-order valence-corrected chi connectivity index (χ4v) is 2.96. The largest absolute Gasteiger partial charge is 0.374 e. The lowest BCUT2D eigenvalue weighted by molar-refractivity contribution is -0.120. The minimum absolute atomic E-state index is 0.0454. The number of carbonyl (C=O) groups is 1. The molecule has 0 spiro atoms. The van der Waals surface area contributed by atoms with Crippen molar-refractivity contribution >= 4 is 22.4 Å². The molecule has 0 aliphatic carbocycles. The SMILES string of the molecule is CCOCc1nnc(NC(=O)[C@H]2C[C@H]3C=C[C@@H]2O3)s1. The van der Waals surface area contributed by atoms with Crippen LogP contribution in [-0.2, 0) is 20.9 Å². The van der Waals surface area contributed by atoms with E-state index in [1.807, 2.05) is 19.1 Å². The standard InChI is InChI=1S/C12H15N3O3S/c1-2-17-6-10-14-15-12(19-10)13-11(16)8-5-7-3-4-9(8)18-7/h3-4,7-9H,2,5-6H2,1H3,(H,13,15,16)/t7-,8+,9+/m1/s1. The second-order valence-corrected chi connectivity index (χ2v) is 5.56. The van der Waals surface area contributed by atoms with Crippen LogP contribution in [0.3, 0.4) is 0 Å². The molecule has 1 fully saturated rings. The van der Waals surface area contributed by atoms with E-state index < -0.39 is 0 Å². The molecule has 3 heterocycles. The summed E-state index contributed by atoms with van der Waals surface area (Å²) >= 11 is 1.34. The van der Waals surface area contributed by atoms with Gasteiger partial charge >= 0.3 is 0 Å². The van der Waals surface area contributed by atoms with Crippen molar-refractivity contribution in [3.63, 3.8) is 0 Å². The zero-order valence-corrected chi connectivity index (χ0v) is 11.4. The van der Waals surface area contributed by atoms with Crippen LogP contribution in [-0.4, -0.2) is 34.9 Å². The predicted octanol–water partition coefficient (Wildman–Crippen LogP) is 1.36. The normalized spacial score (nSPS) is 27.9. The Labute approximate surface area is 114 Å². The van der Waals surface area contributed by atoms with Gasteiger partial charge in [-0.2, -0.15) is 0 Å². The number of aromatic nitrogens is 2. The Morgan fingerprint density at radius 1 is 1.58 bits per heavy atom. The predicted molar refractivity (Wildman–Crippen MR) is 69.8 cm³/mol. The van der Waals surface area contributed by atoms with E-state index in [0.29, 0.717) is 18.3 Å². The number of anilines is 1. The molecule has 1 N–H and O–H groups in total. The van der Waals surface area contributed by atoms with Crippen LogP contribution in [0.1, 0.15) is 18.4 Å². The fraction of sp³-hybridized carbons (Fsp3) is 0.583. The molecule has 19 heavy (non-hydrogen) atoms. The number of amides is 1. The van der Waals surface area contributed by atoms with Crippen molar-refractivity contribution in [1.82, 2.24) is 10.2 Å². The Hall–Kier alpha value is -1.31. The number of carbonyl (C=O) groups excluding carboxylic acids is 1. The quantitative estimate of drug-likeness (QED) is 0.825. The van der Waals surface area contributed by atoms with Crippen molar-refractivity contribution in [1.29, 1.82) is 0 Å². The van der Waals surface area contributed by atoms with Crippen LogP contribution in [0.25, 0.3) is 0 Å². The summed E-state index contributed by atoms with van der Waals surface area (Å²) in [6, 6.07) is 0. The van der Waals surface area contributed by atoms with Gasteiger partial charge in [0.05, 0.1) is 18.1 Å². The number of nitrogens with zero attached hydrogens (tertiary/aromatic N) is 2. The zero-order chi connectivity index (χ0) is 13.2. The molecule has 1 saturated heterocycles. The summed E-state index contributed by atoms with van der Waals surface area (Å²) in [7, 11) is 0. The second kappa shape index (κ2) is 5.36. The van der Waals surface area contributed by atoms with Gasteiger partial charge in [-0.25, -0.2) is 0 Å². The number of fused-ring (bicyclic) bond motifs is 2. The second-order valence-electron chi connectivity index (χ2n) is 4.49. The molecule has 0 saturated carbocycles. The summed E-state index contributed by atoms with van der Waals surface area (Å²) in [5, 5.41) is 12.0. The lowest BCUT2D eigenvalue weighted by Gasteiger charge is -2.13. The number of nitrogens with one attached hydrogen (secondary N) is 1. The van der Waals surface area contributed by atoms with Gasteiger partial charge in [0.25, 0.3) is 0 Å². The molecule has 3 rings (SSSR count). The Balaban J connectivity index is 1.57. The molecule has 2 aliphatic heterocycles. The molecule has 2 bridgehead atoms. The van der Waals surface area contributed by atoms with Crippen LogP contribution in [0.15, 0.2) is 12.2 Å². The monoisotopic (exact) mass is 281 g/mol. The summed E-state index contributed by atoms with van der Waals surface area (Å²) < 4.78 is 10.8. The number of hydrogen-bond acceptors (Lipinski definition) is 6. The average molecular weight is 281 g/mol. The van der Waals surface area contributed by atoms with Gasteiger partial charge in [0, 0.05) is 6.61 Å². The maximum Gasteiger partial charge on any atom is 0.232 e. The smallest absolute Gasteiger partial charge is 0.232 e. The minimum Gasteiger partial charge on any atom is -0.374 e. The van der Waals surface area contributed by atoms with Crippen molar-refractivity contribution in [2.45, 2.75) is 32.2 Å². The van der Waals surface area contributed by atoms with Crippen LogP contribution in [0.5, 0.6) is 0 Å². The Morgan fingerprint density at radius 2 is 2.47 bits per heavy atom. The highest BCUT2D eigenvalue weighted by atomic mass is 32.1. The van der Waals surface area contributed by atoms with Gasteiger partial charge in [-0.3, -0.25) is 4.79 Å². The van der Waals surface area contributed by atoms with Gasteiger partial charge in [-0.15, -0.1) is 10.2 Å². The van der Waals surface area contributed by atoms with Crippen LogP contribution >= 0.6 is 11.3 Å². The van der Waals surface area contributed by atoms with Gasteiger partial charge in [-0.1, -0.05) is 23.5 Å². The molecule has 0 unspecified atom stereocenters. The third-order valence-electron chi connectivity index (χ3n) is 3.19. The highest BCUT2D eigenvalue weighted by Crippen LogP contribution is 2.34. The first-order valence-corrected chi connectivity index (χ1v) is 7.12. The van der Waals surface area contributed by atoms with Crippen molar-refractivity contribution < 1.29 is 14.3 Å². The first-order chi connectivity index (χ1) is 9.26. The van der Waals surface area contributed by atoms with Crippen LogP contribution in [0.4, 0.5) is 5.13 Å². The van der Waals surface area contributed by atoms with Gasteiger partial charge in [0.2, 0.25) is 11.0 Å². The minimum atomic E-state index is -0.116. The third-order valence-corrected chi connectivity index (χ3v) is 4.01. The molecule has 1 amide bonds. The average Bonchev–Trinajstić information content (AvgIpc) is 3.12. The molecule has 1 aromatic rings. The van der Waals surface area contributed by atoms with Gasteiger partial charge in [-0.05, 0) is 13.3 Å². The van der Waals surface area contributed by atoms with E-state index in [1.54, 1.807) is 0 Å². The van der Waals surface area contributed by atoms with Crippen LogP contribution in [0.2, 0.25) is 0 Å². The number of ether oxygens (including phenoxy) is 2. The van der Waals surface area contributed by atoms with Crippen molar-refractivity contribution in [2.75, 3.05) is 11.9 Å². The maximum absolute atomic E-state index is 12.1. The lowest BCUT2D eigenvalue weighted by atomic mass is 9.94. The Bertz CT molecular complexity index is 502. The molecule has 102 valence electrons. The summed E-state index contributed by atoms with van der Waals surface area (Å²) in [5.74, 6) is -0.162. The molecule has 7 heteroatoms. The van der Waals surface area contributed by atoms with E-state index in [4.69, 9.17) is 9.47 Å². The molecule has 1 aromatic heterocycles. The van der Waals surface area contributed by atoms with Gasteiger partial charge < -0.3 is 14.8 Å². The summed E-state index contributed by atoms with van der Waals surface area (Å²) in [6.07, 6.45) is 4.74. The Kier molecular flexibility index (Phi) is 3.58. The summed E-state index contributed by atoms with van der Waals surface area (Å²) in [5.41, 5.74) is 0. The summed E-state index contributed by atoms with van der Waals surface area (Å²) in [4.78, 5) is 12.1.